The van der Waals surface area contributed by atoms with Gasteiger partial charge in [0, 0.05) is 19.5 Å². The zero-order valence-corrected chi connectivity index (χ0v) is 16.7. The minimum absolute atomic E-state index is 0.0829. The second-order valence-corrected chi connectivity index (χ2v) is 8.80. The molecule has 0 aliphatic carbocycles. The van der Waals surface area contributed by atoms with Gasteiger partial charge >= 0.3 is 0 Å². The average Bonchev–Trinajstić information content (AvgIpc) is 2.54. The molecule has 0 aromatic heterocycles. The standard InChI is InChI=1S/C21H34BNO2/c1-16-14-18(7-8-19(16)22)25-13-5-6-17-9-11-23(12-10-17)20(24)15-21(2,3)4/h7-8,14,17H,5-6,9-13,15,22H2,1-4H3. The number of ether oxygens (including phenoxy) is 1. The van der Waals surface area contributed by atoms with E-state index in [0.717, 1.165) is 50.6 Å². The normalized spacial score (nSPS) is 16.1. The van der Waals surface area contributed by atoms with Crippen LogP contribution in [0.15, 0.2) is 18.2 Å². The molecule has 1 fully saturated rings. The van der Waals surface area contributed by atoms with Crippen LogP contribution in [0.3, 0.4) is 0 Å². The van der Waals surface area contributed by atoms with E-state index >= 15 is 0 Å². The number of amides is 1. The summed E-state index contributed by atoms with van der Waals surface area (Å²) in [6.45, 7) is 11.2. The fourth-order valence-electron chi connectivity index (χ4n) is 3.40. The van der Waals surface area contributed by atoms with Gasteiger partial charge in [-0.2, -0.15) is 0 Å². The SMILES string of the molecule is Bc1ccc(OCCCC2CCN(C(=O)CC(C)(C)C)CC2)cc1C. The van der Waals surface area contributed by atoms with Crippen LogP contribution in [0.5, 0.6) is 5.75 Å². The maximum atomic E-state index is 12.3. The number of rotatable bonds is 6. The summed E-state index contributed by atoms with van der Waals surface area (Å²) in [4.78, 5) is 14.4. The molecule has 138 valence electrons. The van der Waals surface area contributed by atoms with E-state index in [9.17, 15) is 4.79 Å². The first-order valence-corrected chi connectivity index (χ1v) is 9.72. The van der Waals surface area contributed by atoms with Gasteiger partial charge in [0.2, 0.25) is 5.91 Å². The second kappa shape index (κ2) is 8.78. The summed E-state index contributed by atoms with van der Waals surface area (Å²) >= 11 is 0. The quantitative estimate of drug-likeness (QED) is 0.587. The van der Waals surface area contributed by atoms with Gasteiger partial charge in [0.25, 0.3) is 0 Å². The lowest BCUT2D eigenvalue weighted by Crippen LogP contribution is -2.39. The molecule has 3 nitrogen and oxygen atoms in total. The molecule has 25 heavy (non-hydrogen) atoms. The highest BCUT2D eigenvalue weighted by molar-refractivity contribution is 6.33. The van der Waals surface area contributed by atoms with Crippen molar-refractivity contribution in [3.63, 3.8) is 0 Å². The van der Waals surface area contributed by atoms with Crippen molar-refractivity contribution in [2.45, 2.75) is 59.8 Å². The van der Waals surface area contributed by atoms with Gasteiger partial charge in [0.15, 0.2) is 0 Å². The fraction of sp³-hybridized carbons (Fsp3) is 0.667. The number of nitrogens with zero attached hydrogens (tertiary/aromatic N) is 1. The van der Waals surface area contributed by atoms with Crippen LogP contribution in [0.2, 0.25) is 0 Å². The van der Waals surface area contributed by atoms with E-state index in [1.54, 1.807) is 0 Å². The van der Waals surface area contributed by atoms with Crippen molar-refractivity contribution in [1.29, 1.82) is 0 Å². The molecular weight excluding hydrogens is 309 g/mol. The Labute approximate surface area is 154 Å². The van der Waals surface area contributed by atoms with E-state index in [1.807, 2.05) is 0 Å². The van der Waals surface area contributed by atoms with E-state index < -0.39 is 0 Å². The third-order valence-electron chi connectivity index (χ3n) is 5.15. The Morgan fingerprint density at radius 3 is 2.56 bits per heavy atom. The predicted molar refractivity (Wildman–Crippen MR) is 107 cm³/mol. The van der Waals surface area contributed by atoms with Crippen molar-refractivity contribution >= 4 is 19.2 Å². The molecule has 0 N–H and O–H groups in total. The average molecular weight is 343 g/mol. The molecule has 1 heterocycles. The lowest BCUT2D eigenvalue weighted by Gasteiger charge is -2.33. The van der Waals surface area contributed by atoms with Crippen LogP contribution >= 0.6 is 0 Å². The number of likely N-dealkylation sites (tertiary alicyclic amines) is 1. The number of carbonyl (C=O) groups excluding carboxylic acids is 1. The van der Waals surface area contributed by atoms with Gasteiger partial charge in [-0.05, 0) is 56.1 Å². The first-order chi connectivity index (χ1) is 11.7. The highest BCUT2D eigenvalue weighted by Gasteiger charge is 2.25. The Morgan fingerprint density at radius 1 is 1.28 bits per heavy atom. The Balaban J connectivity index is 1.64. The minimum atomic E-state index is 0.0829. The van der Waals surface area contributed by atoms with E-state index in [4.69, 9.17) is 4.74 Å². The molecule has 1 aliphatic rings. The van der Waals surface area contributed by atoms with Crippen LogP contribution < -0.4 is 10.2 Å². The van der Waals surface area contributed by atoms with Crippen LogP contribution in [-0.2, 0) is 4.79 Å². The van der Waals surface area contributed by atoms with Gasteiger partial charge in [0.1, 0.15) is 13.6 Å². The first-order valence-electron chi connectivity index (χ1n) is 9.72. The van der Waals surface area contributed by atoms with Gasteiger partial charge in [-0.1, -0.05) is 37.9 Å². The number of benzene rings is 1. The maximum absolute atomic E-state index is 12.3. The lowest BCUT2D eigenvalue weighted by molar-refractivity contribution is -0.134. The smallest absolute Gasteiger partial charge is 0.223 e. The Hall–Kier alpha value is -1.45. The number of aryl methyl sites for hydroxylation is 1. The lowest BCUT2D eigenvalue weighted by atomic mass is 9.89. The summed E-state index contributed by atoms with van der Waals surface area (Å²) in [6, 6.07) is 6.30. The number of hydrogen-bond acceptors (Lipinski definition) is 2. The van der Waals surface area contributed by atoms with Crippen molar-refractivity contribution in [3.8, 4) is 5.75 Å². The van der Waals surface area contributed by atoms with Crippen LogP contribution in [-0.4, -0.2) is 38.3 Å². The van der Waals surface area contributed by atoms with Gasteiger partial charge in [-0.25, -0.2) is 0 Å². The highest BCUT2D eigenvalue weighted by Crippen LogP contribution is 2.25. The monoisotopic (exact) mass is 343 g/mol. The van der Waals surface area contributed by atoms with E-state index in [-0.39, 0.29) is 5.41 Å². The molecule has 0 atom stereocenters. The van der Waals surface area contributed by atoms with Gasteiger partial charge in [-0.15, -0.1) is 0 Å². The van der Waals surface area contributed by atoms with Crippen molar-refractivity contribution in [2.75, 3.05) is 19.7 Å². The molecular formula is C21H34BNO2. The molecule has 0 spiro atoms. The van der Waals surface area contributed by atoms with Crippen LogP contribution in [0, 0.1) is 18.3 Å². The fourth-order valence-corrected chi connectivity index (χ4v) is 3.40. The molecule has 4 heteroatoms. The number of piperidine rings is 1. The van der Waals surface area contributed by atoms with Crippen molar-refractivity contribution in [3.05, 3.63) is 23.8 Å². The largest absolute Gasteiger partial charge is 0.494 e. The summed E-state index contributed by atoms with van der Waals surface area (Å²) in [5.41, 5.74) is 2.67. The summed E-state index contributed by atoms with van der Waals surface area (Å²) < 4.78 is 5.88. The first kappa shape index (κ1) is 19.9. The van der Waals surface area contributed by atoms with Crippen molar-refractivity contribution in [1.82, 2.24) is 4.90 Å². The van der Waals surface area contributed by atoms with Crippen molar-refractivity contribution < 1.29 is 9.53 Å². The zero-order valence-electron chi connectivity index (χ0n) is 16.7. The van der Waals surface area contributed by atoms with Crippen LogP contribution in [0.25, 0.3) is 0 Å². The Morgan fingerprint density at radius 2 is 1.96 bits per heavy atom. The van der Waals surface area contributed by atoms with Gasteiger partial charge in [-0.3, -0.25) is 4.79 Å². The maximum Gasteiger partial charge on any atom is 0.223 e. The molecule has 0 radical (unpaired) electrons. The number of hydrogen-bond donors (Lipinski definition) is 0. The molecule has 1 aromatic rings. The zero-order chi connectivity index (χ0) is 18.4. The Bertz CT molecular complexity index is 572. The number of carbonyl (C=O) groups is 1. The molecule has 1 amide bonds. The summed E-state index contributed by atoms with van der Waals surface area (Å²) in [5.74, 6) is 2.04. The molecule has 0 unspecified atom stereocenters. The molecule has 0 bridgehead atoms. The van der Waals surface area contributed by atoms with E-state index in [2.05, 4.69) is 58.6 Å². The molecule has 1 aliphatic heterocycles. The third kappa shape index (κ3) is 6.76. The van der Waals surface area contributed by atoms with Crippen LogP contribution in [0.1, 0.15) is 58.4 Å². The third-order valence-corrected chi connectivity index (χ3v) is 5.15. The summed E-state index contributed by atoms with van der Waals surface area (Å²) in [6.07, 6.45) is 5.22. The summed E-state index contributed by atoms with van der Waals surface area (Å²) in [7, 11) is 2.12. The van der Waals surface area contributed by atoms with E-state index in [1.165, 1.54) is 17.4 Å². The van der Waals surface area contributed by atoms with Crippen LogP contribution in [0.4, 0.5) is 0 Å². The predicted octanol–water partition coefficient (Wildman–Crippen LogP) is 3.09. The molecule has 1 saturated heterocycles. The second-order valence-electron chi connectivity index (χ2n) is 8.80. The molecule has 2 rings (SSSR count). The van der Waals surface area contributed by atoms with E-state index in [0.29, 0.717) is 12.3 Å². The highest BCUT2D eigenvalue weighted by atomic mass is 16.5. The van der Waals surface area contributed by atoms with Gasteiger partial charge in [0.05, 0.1) is 6.61 Å². The Kier molecular flexibility index (Phi) is 6.98. The topological polar surface area (TPSA) is 29.5 Å². The summed E-state index contributed by atoms with van der Waals surface area (Å²) in [5, 5.41) is 0. The molecule has 1 aromatic carbocycles. The minimum Gasteiger partial charge on any atom is -0.494 e. The van der Waals surface area contributed by atoms with Crippen molar-refractivity contribution in [2.24, 2.45) is 11.3 Å². The molecule has 0 saturated carbocycles. The van der Waals surface area contributed by atoms with Gasteiger partial charge < -0.3 is 9.64 Å².